The van der Waals surface area contributed by atoms with Gasteiger partial charge in [0.05, 0.1) is 16.1 Å². The molecular formula is C26H34N2O5S. The van der Waals surface area contributed by atoms with Crippen LogP contribution in [-0.4, -0.2) is 39.5 Å². The zero-order valence-corrected chi connectivity index (χ0v) is 21.1. The molecule has 0 aliphatic heterocycles. The van der Waals surface area contributed by atoms with Gasteiger partial charge in [0.25, 0.3) is 15.9 Å². The van der Waals surface area contributed by atoms with E-state index < -0.39 is 22.6 Å². The van der Waals surface area contributed by atoms with Gasteiger partial charge >= 0.3 is 5.97 Å². The smallest absolute Gasteiger partial charge is 0.338 e. The van der Waals surface area contributed by atoms with Gasteiger partial charge in [0.15, 0.2) is 6.61 Å². The maximum absolute atomic E-state index is 13.4. The van der Waals surface area contributed by atoms with E-state index in [9.17, 15) is 18.0 Å². The Bertz CT molecular complexity index is 1120. The Hall–Kier alpha value is -2.87. The number of amides is 1. The van der Waals surface area contributed by atoms with Crippen molar-refractivity contribution in [1.82, 2.24) is 5.32 Å². The number of esters is 1. The summed E-state index contributed by atoms with van der Waals surface area (Å²) >= 11 is 0. The predicted octanol–water partition coefficient (Wildman–Crippen LogP) is 4.31. The van der Waals surface area contributed by atoms with Crippen LogP contribution in [-0.2, 0) is 19.6 Å². The van der Waals surface area contributed by atoms with Gasteiger partial charge in [-0.25, -0.2) is 13.2 Å². The predicted molar refractivity (Wildman–Crippen MR) is 132 cm³/mol. The molecule has 1 amide bonds. The Kier molecular flexibility index (Phi) is 8.36. The zero-order valence-electron chi connectivity index (χ0n) is 20.3. The highest BCUT2D eigenvalue weighted by molar-refractivity contribution is 7.92. The monoisotopic (exact) mass is 486 g/mol. The van der Waals surface area contributed by atoms with Crippen molar-refractivity contribution in [2.24, 2.45) is 11.8 Å². The molecule has 3 atom stereocenters. The van der Waals surface area contributed by atoms with Crippen LogP contribution in [0.1, 0.15) is 56.0 Å². The first-order valence-electron chi connectivity index (χ1n) is 11.8. The number of nitrogens with one attached hydrogen (secondary N) is 1. The van der Waals surface area contributed by atoms with Crippen molar-refractivity contribution in [3.05, 3.63) is 59.7 Å². The van der Waals surface area contributed by atoms with E-state index in [0.717, 1.165) is 19.3 Å². The summed E-state index contributed by atoms with van der Waals surface area (Å²) in [5, 5.41) is 2.97. The third kappa shape index (κ3) is 5.78. The van der Waals surface area contributed by atoms with Crippen molar-refractivity contribution in [2.45, 2.75) is 57.9 Å². The average Bonchev–Trinajstić information content (AvgIpc) is 2.81. The third-order valence-electron chi connectivity index (χ3n) is 6.71. The Balaban J connectivity index is 1.71. The molecule has 0 saturated heterocycles. The van der Waals surface area contributed by atoms with E-state index in [1.54, 1.807) is 44.2 Å². The Labute approximate surface area is 202 Å². The molecule has 8 heteroatoms. The van der Waals surface area contributed by atoms with Crippen molar-refractivity contribution < 1.29 is 22.7 Å². The number of benzene rings is 2. The van der Waals surface area contributed by atoms with E-state index in [4.69, 9.17) is 4.74 Å². The molecule has 2 aromatic rings. The van der Waals surface area contributed by atoms with Gasteiger partial charge in [0.1, 0.15) is 0 Å². The first-order chi connectivity index (χ1) is 16.1. The summed E-state index contributed by atoms with van der Waals surface area (Å²) in [6, 6.07) is 13.3. The standard InChI is InChI=1S/C26H34N2O5S/c1-5-28(22-11-7-6-8-12-22)34(31,32)24-16-21(15-14-19(24)3)26(30)33-17-25(29)27-23-13-9-10-18(2)20(23)4/h6-8,11-12,14-16,18,20,23H,5,9-10,13,17H2,1-4H3,(H,27,29)/t18-,20-,23-/m0/s1. The molecule has 34 heavy (non-hydrogen) atoms. The molecule has 2 aromatic carbocycles. The lowest BCUT2D eigenvalue weighted by atomic mass is 9.78. The average molecular weight is 487 g/mol. The van der Waals surface area contributed by atoms with Gasteiger partial charge in [-0.1, -0.05) is 51.0 Å². The number of rotatable bonds is 8. The van der Waals surface area contributed by atoms with Crippen LogP contribution in [0.4, 0.5) is 5.69 Å². The van der Waals surface area contributed by atoms with Gasteiger partial charge in [0, 0.05) is 12.6 Å². The maximum atomic E-state index is 13.4. The molecule has 184 valence electrons. The summed E-state index contributed by atoms with van der Waals surface area (Å²) in [6.45, 7) is 7.58. The van der Waals surface area contributed by atoms with Gasteiger partial charge < -0.3 is 10.1 Å². The number of carbonyl (C=O) groups excluding carboxylic acids is 2. The molecule has 0 bridgehead atoms. The highest BCUT2D eigenvalue weighted by Gasteiger charge is 2.29. The number of hydrogen-bond acceptors (Lipinski definition) is 5. The minimum atomic E-state index is -3.91. The molecule has 1 aliphatic carbocycles. The number of nitrogens with zero attached hydrogens (tertiary/aromatic N) is 1. The maximum Gasteiger partial charge on any atom is 0.338 e. The summed E-state index contributed by atoms with van der Waals surface area (Å²) in [5.41, 5.74) is 1.14. The van der Waals surface area contributed by atoms with Crippen molar-refractivity contribution in [3.63, 3.8) is 0 Å². The van der Waals surface area contributed by atoms with E-state index in [0.29, 0.717) is 23.1 Å². The SMILES string of the molecule is CCN(c1ccccc1)S(=O)(=O)c1cc(C(=O)OCC(=O)N[C@H]2CCC[C@H](C)[C@@H]2C)ccc1C. The fourth-order valence-corrected chi connectivity index (χ4v) is 6.19. The van der Waals surface area contributed by atoms with Crippen molar-refractivity contribution >= 4 is 27.6 Å². The molecule has 0 aromatic heterocycles. The minimum Gasteiger partial charge on any atom is -0.452 e. The molecule has 0 radical (unpaired) electrons. The molecule has 1 N–H and O–H groups in total. The molecule has 0 spiro atoms. The third-order valence-corrected chi connectivity index (χ3v) is 8.76. The fourth-order valence-electron chi connectivity index (χ4n) is 4.46. The summed E-state index contributed by atoms with van der Waals surface area (Å²) < 4.78 is 33.3. The summed E-state index contributed by atoms with van der Waals surface area (Å²) in [5.74, 6) is -0.183. The van der Waals surface area contributed by atoms with Gasteiger partial charge in [-0.15, -0.1) is 0 Å². The van der Waals surface area contributed by atoms with E-state index >= 15 is 0 Å². The summed E-state index contributed by atoms with van der Waals surface area (Å²) in [4.78, 5) is 25.1. The second kappa shape index (κ2) is 11.0. The number of hydrogen-bond donors (Lipinski definition) is 1. The van der Waals surface area contributed by atoms with Crippen LogP contribution < -0.4 is 9.62 Å². The Morgan fingerprint density at radius 1 is 1.09 bits per heavy atom. The van der Waals surface area contributed by atoms with Crippen LogP contribution in [0.25, 0.3) is 0 Å². The molecule has 1 saturated carbocycles. The van der Waals surface area contributed by atoms with Crippen LogP contribution in [0, 0.1) is 18.8 Å². The second-order valence-electron chi connectivity index (χ2n) is 9.00. The van der Waals surface area contributed by atoms with Crippen molar-refractivity contribution in [1.29, 1.82) is 0 Å². The molecule has 1 fully saturated rings. The van der Waals surface area contributed by atoms with Crippen LogP contribution in [0.3, 0.4) is 0 Å². The lowest BCUT2D eigenvalue weighted by molar-refractivity contribution is -0.125. The lowest BCUT2D eigenvalue weighted by Crippen LogP contribution is -2.45. The number of carbonyl (C=O) groups is 2. The van der Waals surface area contributed by atoms with Crippen LogP contribution in [0.5, 0.6) is 0 Å². The molecule has 7 nitrogen and oxygen atoms in total. The molecule has 0 heterocycles. The second-order valence-corrected chi connectivity index (χ2v) is 10.8. The van der Waals surface area contributed by atoms with Gasteiger partial charge in [0.2, 0.25) is 0 Å². The Morgan fingerprint density at radius 3 is 2.47 bits per heavy atom. The number of ether oxygens (including phenoxy) is 1. The first-order valence-corrected chi connectivity index (χ1v) is 13.2. The highest BCUT2D eigenvalue weighted by atomic mass is 32.2. The van der Waals surface area contributed by atoms with Crippen LogP contribution in [0.2, 0.25) is 0 Å². The van der Waals surface area contributed by atoms with Gasteiger partial charge in [-0.2, -0.15) is 0 Å². The van der Waals surface area contributed by atoms with E-state index in [-0.39, 0.29) is 29.0 Å². The zero-order chi connectivity index (χ0) is 24.9. The van der Waals surface area contributed by atoms with E-state index in [1.807, 2.05) is 6.07 Å². The van der Waals surface area contributed by atoms with Gasteiger partial charge in [-0.05, 0) is 61.9 Å². The van der Waals surface area contributed by atoms with E-state index in [2.05, 4.69) is 19.2 Å². The fraction of sp³-hybridized carbons (Fsp3) is 0.462. The first kappa shape index (κ1) is 25.7. The number of aryl methyl sites for hydroxylation is 1. The molecular weight excluding hydrogens is 452 g/mol. The summed E-state index contributed by atoms with van der Waals surface area (Å²) in [6.07, 6.45) is 3.13. The number of anilines is 1. The largest absolute Gasteiger partial charge is 0.452 e. The molecule has 1 aliphatic rings. The van der Waals surface area contributed by atoms with Crippen molar-refractivity contribution in [3.8, 4) is 0 Å². The molecule has 3 rings (SSSR count). The quantitative estimate of drug-likeness (QED) is 0.562. The topological polar surface area (TPSA) is 92.8 Å². The highest BCUT2D eigenvalue weighted by Crippen LogP contribution is 2.29. The normalized spacial score (nSPS) is 20.4. The van der Waals surface area contributed by atoms with Crippen molar-refractivity contribution in [2.75, 3.05) is 17.5 Å². The summed E-state index contributed by atoms with van der Waals surface area (Å²) in [7, 11) is -3.91. The van der Waals surface area contributed by atoms with Crippen LogP contribution in [0.15, 0.2) is 53.4 Å². The number of para-hydroxylation sites is 1. The molecule has 0 unspecified atom stereocenters. The number of sulfonamides is 1. The van der Waals surface area contributed by atoms with Gasteiger partial charge in [-0.3, -0.25) is 9.10 Å². The van der Waals surface area contributed by atoms with Crippen LogP contribution >= 0.6 is 0 Å². The van der Waals surface area contributed by atoms with E-state index in [1.165, 1.54) is 16.4 Å². The Morgan fingerprint density at radius 2 is 1.79 bits per heavy atom. The lowest BCUT2D eigenvalue weighted by Gasteiger charge is -2.34. The minimum absolute atomic E-state index is 0.0297.